The Bertz CT molecular complexity index is 530. The topological polar surface area (TPSA) is 66.4 Å². The summed E-state index contributed by atoms with van der Waals surface area (Å²) in [5.74, 6) is -2.15. The number of rotatable bonds is 4. The molecule has 0 bridgehead atoms. The fourth-order valence-corrected chi connectivity index (χ4v) is 2.60. The van der Waals surface area contributed by atoms with Crippen LogP contribution in [-0.2, 0) is 16.0 Å². The van der Waals surface area contributed by atoms with E-state index in [1.54, 1.807) is 12.1 Å². The summed E-state index contributed by atoms with van der Waals surface area (Å²) < 4.78 is 13.6. The molecule has 4 nitrogen and oxygen atoms in total. The van der Waals surface area contributed by atoms with Crippen LogP contribution in [0.3, 0.4) is 0 Å². The average molecular weight is 279 g/mol. The summed E-state index contributed by atoms with van der Waals surface area (Å²) in [4.78, 5) is 22.9. The van der Waals surface area contributed by atoms with E-state index >= 15 is 0 Å². The number of anilines is 1. The number of aryl methyl sites for hydroxylation is 1. The Kier molecular flexibility index (Phi) is 4.37. The zero-order chi connectivity index (χ0) is 14.7. The summed E-state index contributed by atoms with van der Waals surface area (Å²) in [7, 11) is 0. The molecule has 20 heavy (non-hydrogen) atoms. The van der Waals surface area contributed by atoms with Gasteiger partial charge in [0.05, 0.1) is 5.92 Å². The lowest BCUT2D eigenvalue weighted by Crippen LogP contribution is -2.21. The summed E-state index contributed by atoms with van der Waals surface area (Å²) in [5.41, 5.74) is 1.03. The fourth-order valence-electron chi connectivity index (χ4n) is 2.60. The zero-order valence-corrected chi connectivity index (χ0v) is 11.4. The molecule has 2 atom stereocenters. The minimum Gasteiger partial charge on any atom is -0.481 e. The van der Waals surface area contributed by atoms with Crippen LogP contribution in [0.4, 0.5) is 10.1 Å². The smallest absolute Gasteiger partial charge is 0.306 e. The third kappa shape index (κ3) is 3.15. The SMILES string of the molecule is CCc1ccc(NC(=O)[C@@H]2CC[C@H](C(=O)O)C2)cc1F. The van der Waals surface area contributed by atoms with E-state index in [9.17, 15) is 14.0 Å². The predicted molar refractivity (Wildman–Crippen MR) is 72.9 cm³/mol. The molecule has 0 aliphatic heterocycles. The molecule has 5 heteroatoms. The van der Waals surface area contributed by atoms with Gasteiger partial charge in [-0.15, -0.1) is 0 Å². The van der Waals surface area contributed by atoms with Crippen molar-refractivity contribution >= 4 is 17.6 Å². The van der Waals surface area contributed by atoms with Crippen LogP contribution in [0.15, 0.2) is 18.2 Å². The summed E-state index contributed by atoms with van der Waals surface area (Å²) in [6.45, 7) is 1.86. The van der Waals surface area contributed by atoms with Crippen molar-refractivity contribution in [1.82, 2.24) is 0 Å². The molecule has 0 spiro atoms. The molecule has 0 aromatic heterocycles. The largest absolute Gasteiger partial charge is 0.481 e. The lowest BCUT2D eigenvalue weighted by molar-refractivity contribution is -0.141. The van der Waals surface area contributed by atoms with Gasteiger partial charge < -0.3 is 10.4 Å². The minimum absolute atomic E-state index is 0.225. The first kappa shape index (κ1) is 14.5. The van der Waals surface area contributed by atoms with Crippen LogP contribution in [0.2, 0.25) is 0 Å². The Hall–Kier alpha value is -1.91. The van der Waals surface area contributed by atoms with Gasteiger partial charge in [-0.2, -0.15) is 0 Å². The van der Waals surface area contributed by atoms with Crippen LogP contribution in [0, 0.1) is 17.7 Å². The number of carboxylic acid groups (broad SMARTS) is 1. The molecule has 1 saturated carbocycles. The monoisotopic (exact) mass is 279 g/mol. The van der Waals surface area contributed by atoms with Crippen LogP contribution >= 0.6 is 0 Å². The van der Waals surface area contributed by atoms with Crippen LogP contribution in [0.5, 0.6) is 0 Å². The number of aliphatic carboxylic acids is 1. The van der Waals surface area contributed by atoms with Gasteiger partial charge in [0, 0.05) is 11.6 Å². The van der Waals surface area contributed by atoms with Crippen molar-refractivity contribution in [3.8, 4) is 0 Å². The lowest BCUT2D eigenvalue weighted by atomic mass is 10.0. The number of halogens is 1. The Morgan fingerprint density at radius 2 is 2.05 bits per heavy atom. The first-order valence-electron chi connectivity index (χ1n) is 6.83. The molecule has 2 rings (SSSR count). The van der Waals surface area contributed by atoms with Crippen molar-refractivity contribution in [2.75, 3.05) is 5.32 Å². The van der Waals surface area contributed by atoms with Crippen LogP contribution in [-0.4, -0.2) is 17.0 Å². The van der Waals surface area contributed by atoms with E-state index in [1.807, 2.05) is 6.92 Å². The van der Waals surface area contributed by atoms with E-state index in [-0.39, 0.29) is 17.6 Å². The molecule has 0 heterocycles. The molecule has 1 aliphatic carbocycles. The van der Waals surface area contributed by atoms with Crippen molar-refractivity contribution < 1.29 is 19.1 Å². The second-order valence-corrected chi connectivity index (χ2v) is 5.19. The van der Waals surface area contributed by atoms with Crippen molar-refractivity contribution in [2.45, 2.75) is 32.6 Å². The molecule has 1 fully saturated rings. The molecule has 2 N–H and O–H groups in total. The second-order valence-electron chi connectivity index (χ2n) is 5.19. The van der Waals surface area contributed by atoms with E-state index in [0.717, 1.165) is 0 Å². The molecule has 0 saturated heterocycles. The van der Waals surface area contributed by atoms with Crippen molar-refractivity contribution in [1.29, 1.82) is 0 Å². The molecule has 1 amide bonds. The van der Waals surface area contributed by atoms with Crippen LogP contribution in [0.25, 0.3) is 0 Å². The molecule has 0 unspecified atom stereocenters. The lowest BCUT2D eigenvalue weighted by Gasteiger charge is -2.11. The van der Waals surface area contributed by atoms with Gasteiger partial charge in [0.15, 0.2) is 0 Å². The number of benzene rings is 1. The second kappa shape index (κ2) is 6.03. The maximum atomic E-state index is 13.6. The van der Waals surface area contributed by atoms with Gasteiger partial charge in [0.2, 0.25) is 5.91 Å². The third-order valence-corrected chi connectivity index (χ3v) is 3.85. The van der Waals surface area contributed by atoms with Gasteiger partial charge in [0.1, 0.15) is 5.82 Å². The van der Waals surface area contributed by atoms with Gasteiger partial charge in [-0.3, -0.25) is 9.59 Å². The Labute approximate surface area is 117 Å². The van der Waals surface area contributed by atoms with Crippen LogP contribution < -0.4 is 5.32 Å². The molecule has 108 valence electrons. The van der Waals surface area contributed by atoms with E-state index in [4.69, 9.17) is 5.11 Å². The maximum absolute atomic E-state index is 13.6. The normalized spacial score (nSPS) is 21.7. The first-order chi connectivity index (χ1) is 9.51. The van der Waals surface area contributed by atoms with E-state index in [1.165, 1.54) is 6.07 Å². The molecule has 1 aromatic rings. The van der Waals surface area contributed by atoms with E-state index in [2.05, 4.69) is 5.32 Å². The molecule has 1 aromatic carbocycles. The predicted octanol–water partition coefficient (Wildman–Crippen LogP) is 2.83. The summed E-state index contributed by atoms with van der Waals surface area (Å²) >= 11 is 0. The summed E-state index contributed by atoms with van der Waals surface area (Å²) in [6, 6.07) is 4.63. The van der Waals surface area contributed by atoms with Gasteiger partial charge in [0.25, 0.3) is 0 Å². The highest BCUT2D eigenvalue weighted by Gasteiger charge is 2.33. The molecular formula is C15H18FNO3. The Balaban J connectivity index is 1.98. The van der Waals surface area contributed by atoms with Gasteiger partial charge in [-0.25, -0.2) is 4.39 Å². The quantitative estimate of drug-likeness (QED) is 0.890. The Morgan fingerprint density at radius 3 is 2.60 bits per heavy atom. The Morgan fingerprint density at radius 1 is 1.35 bits per heavy atom. The molecule has 1 aliphatic rings. The van der Waals surface area contributed by atoms with Crippen molar-refractivity contribution in [3.05, 3.63) is 29.6 Å². The molecule has 0 radical (unpaired) electrons. The number of carbonyl (C=O) groups excluding carboxylic acids is 1. The van der Waals surface area contributed by atoms with Gasteiger partial charge in [-0.05, 0) is 43.4 Å². The number of hydrogen-bond donors (Lipinski definition) is 2. The van der Waals surface area contributed by atoms with E-state index < -0.39 is 11.9 Å². The number of carbonyl (C=O) groups is 2. The number of amides is 1. The van der Waals surface area contributed by atoms with Gasteiger partial charge in [-0.1, -0.05) is 13.0 Å². The van der Waals surface area contributed by atoms with E-state index in [0.29, 0.717) is 36.9 Å². The highest BCUT2D eigenvalue weighted by molar-refractivity contribution is 5.93. The standard InChI is InChI=1S/C15H18FNO3/c1-2-9-5-6-12(8-13(9)16)17-14(18)10-3-4-11(7-10)15(19)20/h5-6,8,10-11H,2-4,7H2,1H3,(H,17,18)(H,19,20)/t10-,11+/m1/s1. The maximum Gasteiger partial charge on any atom is 0.306 e. The van der Waals surface area contributed by atoms with Crippen LogP contribution in [0.1, 0.15) is 31.7 Å². The van der Waals surface area contributed by atoms with Crippen molar-refractivity contribution in [3.63, 3.8) is 0 Å². The first-order valence-corrected chi connectivity index (χ1v) is 6.83. The minimum atomic E-state index is -0.848. The average Bonchev–Trinajstić information content (AvgIpc) is 2.88. The summed E-state index contributed by atoms with van der Waals surface area (Å²) in [5, 5.41) is 11.6. The number of carboxylic acids is 1. The highest BCUT2D eigenvalue weighted by atomic mass is 19.1. The number of nitrogens with one attached hydrogen (secondary N) is 1. The van der Waals surface area contributed by atoms with Gasteiger partial charge >= 0.3 is 5.97 Å². The summed E-state index contributed by atoms with van der Waals surface area (Å²) in [6.07, 6.45) is 2.05. The number of hydrogen-bond acceptors (Lipinski definition) is 2. The highest BCUT2D eigenvalue weighted by Crippen LogP contribution is 2.32. The molecular weight excluding hydrogens is 261 g/mol. The van der Waals surface area contributed by atoms with Crippen molar-refractivity contribution in [2.24, 2.45) is 11.8 Å². The third-order valence-electron chi connectivity index (χ3n) is 3.85. The zero-order valence-electron chi connectivity index (χ0n) is 11.4. The fraction of sp³-hybridized carbons (Fsp3) is 0.467.